The quantitative estimate of drug-likeness (QED) is 0.409. The van der Waals surface area contributed by atoms with Crippen molar-refractivity contribution in [3.05, 3.63) is 83.4 Å². The molecule has 6 heteroatoms. The first-order chi connectivity index (χ1) is 16.9. The molecule has 0 amide bonds. The molecular formula is C29H30FNO4. The third-order valence-electron chi connectivity index (χ3n) is 6.89. The van der Waals surface area contributed by atoms with Crippen LogP contribution in [0.3, 0.4) is 0 Å². The van der Waals surface area contributed by atoms with Crippen LogP contribution in [0, 0.1) is 0 Å². The van der Waals surface area contributed by atoms with Crippen molar-refractivity contribution in [1.82, 2.24) is 4.90 Å². The average Bonchev–Trinajstić information content (AvgIpc) is 3.29. The van der Waals surface area contributed by atoms with Gasteiger partial charge < -0.3 is 19.7 Å². The maximum atomic E-state index is 14.0. The summed E-state index contributed by atoms with van der Waals surface area (Å²) in [6, 6.07) is 20.0. The summed E-state index contributed by atoms with van der Waals surface area (Å²) in [5.74, 6) is 1.75. The Hall–Kier alpha value is -3.51. The summed E-state index contributed by atoms with van der Waals surface area (Å²) in [5, 5.41) is 20.2. The van der Waals surface area contributed by atoms with Crippen molar-refractivity contribution in [2.24, 2.45) is 0 Å². The van der Waals surface area contributed by atoms with Crippen molar-refractivity contribution in [3.63, 3.8) is 0 Å². The summed E-state index contributed by atoms with van der Waals surface area (Å²) in [6.07, 6.45) is 0.199. The number of hydrogen-bond donors (Lipinski definition) is 2. The molecule has 3 aromatic carbocycles. The van der Waals surface area contributed by atoms with E-state index in [4.69, 9.17) is 9.47 Å². The first-order valence-electron chi connectivity index (χ1n) is 12.0. The van der Waals surface area contributed by atoms with Crippen molar-refractivity contribution in [2.75, 3.05) is 13.2 Å². The number of alkyl halides is 1. The Labute approximate surface area is 205 Å². The van der Waals surface area contributed by atoms with Gasteiger partial charge in [0.15, 0.2) is 6.30 Å². The highest BCUT2D eigenvalue weighted by atomic mass is 19.1. The fourth-order valence-electron chi connectivity index (χ4n) is 5.01. The van der Waals surface area contributed by atoms with Gasteiger partial charge in [-0.25, -0.2) is 4.39 Å². The monoisotopic (exact) mass is 475 g/mol. The molecule has 0 spiro atoms. The highest BCUT2D eigenvalue weighted by molar-refractivity contribution is 5.95. The molecule has 0 bridgehead atoms. The molecule has 3 aromatic rings. The van der Waals surface area contributed by atoms with Crippen LogP contribution in [-0.4, -0.2) is 40.6 Å². The zero-order valence-electron chi connectivity index (χ0n) is 19.9. The van der Waals surface area contributed by atoms with Gasteiger partial charge in [-0.2, -0.15) is 0 Å². The smallest absolute Gasteiger partial charge is 0.154 e. The predicted molar refractivity (Wildman–Crippen MR) is 134 cm³/mol. The van der Waals surface area contributed by atoms with Crippen molar-refractivity contribution in [2.45, 2.75) is 45.1 Å². The van der Waals surface area contributed by atoms with Crippen LogP contribution in [0.15, 0.2) is 66.7 Å². The molecule has 35 heavy (non-hydrogen) atoms. The number of ether oxygens (including phenoxy) is 2. The third-order valence-corrected chi connectivity index (χ3v) is 6.89. The number of phenols is 2. The molecule has 5 rings (SSSR count). The number of rotatable bonds is 6. The standard InChI is InChI=1S/C29H30FNO4/c1-18(31-14-4-7-27(31)30)17-34-24-11-8-20(9-12-24)29-28(21-5-3-6-22(32)15-21)19(2)25-16-23(33)10-13-26(25)35-29/h3,5-6,8-13,15-16,18,27,29,32-33H,4,7,14,17H2,1-2H3. The van der Waals surface area contributed by atoms with Gasteiger partial charge in [0.05, 0.1) is 0 Å². The van der Waals surface area contributed by atoms with E-state index in [-0.39, 0.29) is 17.5 Å². The minimum atomic E-state index is -0.880. The van der Waals surface area contributed by atoms with Gasteiger partial charge in [-0.15, -0.1) is 0 Å². The Morgan fingerprint density at radius 1 is 1.06 bits per heavy atom. The lowest BCUT2D eigenvalue weighted by atomic mass is 9.86. The molecule has 0 aromatic heterocycles. The molecule has 5 nitrogen and oxygen atoms in total. The van der Waals surface area contributed by atoms with Crippen LogP contribution in [0.2, 0.25) is 0 Å². The van der Waals surface area contributed by atoms with Gasteiger partial charge in [0.2, 0.25) is 0 Å². The topological polar surface area (TPSA) is 62.2 Å². The summed E-state index contributed by atoms with van der Waals surface area (Å²) < 4.78 is 26.4. The normalized spacial score (nSPS) is 20.9. The van der Waals surface area contributed by atoms with E-state index in [1.165, 1.54) is 0 Å². The maximum Gasteiger partial charge on any atom is 0.154 e. The molecular weight excluding hydrogens is 445 g/mol. The molecule has 2 aliphatic heterocycles. The molecule has 2 heterocycles. The maximum absolute atomic E-state index is 14.0. The van der Waals surface area contributed by atoms with Gasteiger partial charge in [0, 0.05) is 23.7 Å². The van der Waals surface area contributed by atoms with Crippen molar-refractivity contribution < 1.29 is 24.1 Å². The molecule has 2 aliphatic rings. The zero-order chi connectivity index (χ0) is 24.5. The summed E-state index contributed by atoms with van der Waals surface area (Å²) in [6.45, 7) is 5.19. The van der Waals surface area contributed by atoms with Gasteiger partial charge in [-0.3, -0.25) is 4.90 Å². The average molecular weight is 476 g/mol. The van der Waals surface area contributed by atoms with Crippen LogP contribution in [0.5, 0.6) is 23.0 Å². The number of nitrogens with zero attached hydrogens (tertiary/aromatic N) is 1. The molecule has 0 aliphatic carbocycles. The number of aromatic hydroxyl groups is 2. The molecule has 1 saturated heterocycles. The number of likely N-dealkylation sites (tertiary alicyclic amines) is 1. The second kappa shape index (κ2) is 9.62. The Morgan fingerprint density at radius 2 is 1.83 bits per heavy atom. The molecule has 1 fully saturated rings. The van der Waals surface area contributed by atoms with Crippen molar-refractivity contribution in [1.29, 1.82) is 0 Å². The molecule has 3 atom stereocenters. The SMILES string of the molecule is CC1=C(c2cccc(O)c2)C(c2ccc(OCC(C)N3CCCC3F)cc2)Oc2ccc(O)cc21. The van der Waals surface area contributed by atoms with Crippen LogP contribution in [-0.2, 0) is 0 Å². The summed E-state index contributed by atoms with van der Waals surface area (Å²) in [7, 11) is 0. The predicted octanol–water partition coefficient (Wildman–Crippen LogP) is 6.32. The minimum Gasteiger partial charge on any atom is -0.508 e. The lowest BCUT2D eigenvalue weighted by Crippen LogP contribution is -2.38. The van der Waals surface area contributed by atoms with Gasteiger partial charge in [-0.1, -0.05) is 24.3 Å². The second-order valence-corrected chi connectivity index (χ2v) is 9.31. The highest BCUT2D eigenvalue weighted by Gasteiger charge is 2.30. The first kappa shape index (κ1) is 23.2. The number of allylic oxidation sites excluding steroid dienone is 1. The van der Waals surface area contributed by atoms with Gasteiger partial charge in [0.25, 0.3) is 0 Å². The fourth-order valence-corrected chi connectivity index (χ4v) is 5.01. The number of phenolic OH excluding ortho intramolecular Hbond substituents is 2. The number of benzene rings is 3. The van der Waals surface area contributed by atoms with E-state index in [1.807, 2.05) is 49.1 Å². The Morgan fingerprint density at radius 3 is 2.54 bits per heavy atom. The Bertz CT molecular complexity index is 1240. The summed E-state index contributed by atoms with van der Waals surface area (Å²) >= 11 is 0. The third kappa shape index (κ3) is 4.71. The van der Waals surface area contributed by atoms with Gasteiger partial charge >= 0.3 is 0 Å². The van der Waals surface area contributed by atoms with Gasteiger partial charge in [-0.05, 0) is 85.9 Å². The van der Waals surface area contributed by atoms with E-state index in [0.717, 1.165) is 46.6 Å². The van der Waals surface area contributed by atoms with Crippen LogP contribution in [0.25, 0.3) is 11.1 Å². The summed E-state index contributed by atoms with van der Waals surface area (Å²) in [5.41, 5.74) is 4.50. The second-order valence-electron chi connectivity index (χ2n) is 9.31. The molecule has 0 saturated carbocycles. The van der Waals surface area contributed by atoms with Crippen molar-refractivity contribution >= 4 is 11.1 Å². The molecule has 3 unspecified atom stereocenters. The van der Waals surface area contributed by atoms with E-state index in [1.54, 1.807) is 36.4 Å². The van der Waals surface area contributed by atoms with E-state index < -0.39 is 12.4 Å². The fraction of sp³-hybridized carbons (Fsp3) is 0.310. The van der Waals surface area contributed by atoms with Crippen LogP contribution >= 0.6 is 0 Å². The largest absolute Gasteiger partial charge is 0.508 e. The molecule has 182 valence electrons. The van der Waals surface area contributed by atoms with Crippen LogP contribution in [0.4, 0.5) is 4.39 Å². The molecule has 0 radical (unpaired) electrons. The van der Waals surface area contributed by atoms with E-state index in [2.05, 4.69) is 0 Å². The first-order valence-corrected chi connectivity index (χ1v) is 12.0. The van der Waals surface area contributed by atoms with E-state index in [9.17, 15) is 14.6 Å². The van der Waals surface area contributed by atoms with Crippen molar-refractivity contribution in [3.8, 4) is 23.0 Å². The lowest BCUT2D eigenvalue weighted by Gasteiger charge is -2.31. The van der Waals surface area contributed by atoms with E-state index in [0.29, 0.717) is 18.8 Å². The minimum absolute atomic E-state index is 0.00437. The lowest BCUT2D eigenvalue weighted by molar-refractivity contribution is 0.0641. The van der Waals surface area contributed by atoms with Crippen LogP contribution in [0.1, 0.15) is 49.5 Å². The number of fused-ring (bicyclic) bond motifs is 1. The number of hydrogen-bond acceptors (Lipinski definition) is 5. The molecule has 2 N–H and O–H groups in total. The van der Waals surface area contributed by atoms with E-state index >= 15 is 0 Å². The van der Waals surface area contributed by atoms with Crippen LogP contribution < -0.4 is 9.47 Å². The Balaban J connectivity index is 1.42. The highest BCUT2D eigenvalue weighted by Crippen LogP contribution is 2.47. The Kier molecular flexibility index (Phi) is 6.39. The van der Waals surface area contributed by atoms with Gasteiger partial charge in [0.1, 0.15) is 35.7 Å². The number of halogens is 1. The zero-order valence-corrected chi connectivity index (χ0v) is 19.9. The summed E-state index contributed by atoms with van der Waals surface area (Å²) in [4.78, 5) is 1.86.